The molecule has 0 saturated carbocycles. The number of carbonyl (C=O) groups is 2. The molecule has 0 radical (unpaired) electrons. The van der Waals surface area contributed by atoms with Crippen molar-refractivity contribution in [2.24, 2.45) is 5.73 Å². The molecule has 0 spiro atoms. The Kier molecular flexibility index (Phi) is 6.85. The Hall–Kier alpha value is -3.77. The number of rotatable bonds is 5. The minimum atomic E-state index is -0.927. The first-order chi connectivity index (χ1) is 15.4. The second-order valence-corrected chi connectivity index (χ2v) is 7.59. The van der Waals surface area contributed by atoms with Gasteiger partial charge in [0.2, 0.25) is 0 Å². The highest BCUT2D eigenvalue weighted by atomic mass is 79.9. The third-order valence-electron chi connectivity index (χ3n) is 5.01. The van der Waals surface area contributed by atoms with E-state index in [-0.39, 0.29) is 22.7 Å². The van der Waals surface area contributed by atoms with Crippen LogP contribution in [0.15, 0.2) is 75.7 Å². The summed E-state index contributed by atoms with van der Waals surface area (Å²) in [7, 11) is 3.93. The lowest BCUT2D eigenvalue weighted by molar-refractivity contribution is -0.139. The second-order valence-electron chi connectivity index (χ2n) is 6.67. The summed E-state index contributed by atoms with van der Waals surface area (Å²) < 4.78 is 16.0. The number of nitrogens with two attached hydrogens (primary N) is 1. The Morgan fingerprint density at radius 1 is 1.00 bits per heavy atom. The molecule has 0 fully saturated rings. The average molecular weight is 498 g/mol. The first-order valence-corrected chi connectivity index (χ1v) is 10.2. The van der Waals surface area contributed by atoms with Gasteiger partial charge >= 0.3 is 11.9 Å². The average Bonchev–Trinajstić information content (AvgIpc) is 2.82. The molecule has 0 amide bonds. The zero-order valence-electron chi connectivity index (χ0n) is 17.6. The maximum Gasteiger partial charge on any atom is 0.355 e. The van der Waals surface area contributed by atoms with Gasteiger partial charge in [0.1, 0.15) is 17.3 Å². The molecule has 3 rings (SSSR count). The predicted octanol–water partition coefficient (Wildman–Crippen LogP) is 3.36. The molecule has 164 valence electrons. The van der Waals surface area contributed by atoms with E-state index in [1.54, 1.807) is 48.5 Å². The summed E-state index contributed by atoms with van der Waals surface area (Å²) in [6.45, 7) is 0. The number of hydrogen-bond acceptors (Lipinski definition) is 8. The fraction of sp³-hybridized carbons (Fsp3) is 0.174. The van der Waals surface area contributed by atoms with E-state index in [0.29, 0.717) is 17.0 Å². The van der Waals surface area contributed by atoms with E-state index in [1.165, 1.54) is 26.2 Å². The van der Waals surface area contributed by atoms with Crippen molar-refractivity contribution >= 4 is 33.6 Å². The van der Waals surface area contributed by atoms with Crippen LogP contribution in [0, 0.1) is 11.3 Å². The van der Waals surface area contributed by atoms with Crippen molar-refractivity contribution in [2.75, 3.05) is 26.2 Å². The van der Waals surface area contributed by atoms with Crippen LogP contribution in [0.5, 0.6) is 5.75 Å². The van der Waals surface area contributed by atoms with Crippen molar-refractivity contribution in [3.63, 3.8) is 0 Å². The van der Waals surface area contributed by atoms with Gasteiger partial charge in [0.15, 0.2) is 0 Å². The van der Waals surface area contributed by atoms with Gasteiger partial charge in [0.05, 0.1) is 44.5 Å². The maximum atomic E-state index is 13.0. The number of hydrogen-bond donors (Lipinski definition) is 1. The van der Waals surface area contributed by atoms with Crippen molar-refractivity contribution in [2.45, 2.75) is 5.92 Å². The van der Waals surface area contributed by atoms with Gasteiger partial charge < -0.3 is 19.9 Å². The van der Waals surface area contributed by atoms with Crippen LogP contribution in [-0.4, -0.2) is 33.3 Å². The third kappa shape index (κ3) is 4.05. The molecule has 2 aromatic rings. The molecule has 0 bridgehead atoms. The van der Waals surface area contributed by atoms with E-state index in [0.717, 1.165) is 4.47 Å². The summed E-state index contributed by atoms with van der Waals surface area (Å²) in [5.41, 5.74) is 7.36. The molecule has 0 saturated heterocycles. The highest BCUT2D eigenvalue weighted by molar-refractivity contribution is 9.10. The number of anilines is 1. The van der Waals surface area contributed by atoms with Gasteiger partial charge in [-0.3, -0.25) is 4.90 Å². The first-order valence-electron chi connectivity index (χ1n) is 9.38. The Balaban J connectivity index is 2.37. The van der Waals surface area contributed by atoms with Gasteiger partial charge in [-0.05, 0) is 42.0 Å². The number of nitriles is 1. The van der Waals surface area contributed by atoms with E-state index < -0.39 is 17.9 Å². The molecule has 9 heteroatoms. The molecule has 8 nitrogen and oxygen atoms in total. The number of allylic oxidation sites excluding steroid dienone is 1. The van der Waals surface area contributed by atoms with E-state index in [9.17, 15) is 14.9 Å². The number of methoxy groups -OCH3 is 3. The predicted molar refractivity (Wildman–Crippen MR) is 120 cm³/mol. The van der Waals surface area contributed by atoms with Crippen molar-refractivity contribution in [1.82, 2.24) is 0 Å². The van der Waals surface area contributed by atoms with Gasteiger partial charge in [0.25, 0.3) is 0 Å². The minimum Gasteiger partial charge on any atom is -0.497 e. The smallest absolute Gasteiger partial charge is 0.355 e. The number of esters is 2. The van der Waals surface area contributed by atoms with Gasteiger partial charge in [-0.15, -0.1) is 0 Å². The molecular weight excluding hydrogens is 478 g/mol. The van der Waals surface area contributed by atoms with Crippen molar-refractivity contribution < 1.29 is 23.8 Å². The molecule has 1 aliphatic heterocycles. The van der Waals surface area contributed by atoms with Crippen LogP contribution in [0.1, 0.15) is 11.5 Å². The second kappa shape index (κ2) is 9.58. The zero-order valence-corrected chi connectivity index (χ0v) is 19.2. The number of halogens is 1. The maximum absolute atomic E-state index is 13.0. The van der Waals surface area contributed by atoms with Crippen molar-refractivity contribution in [3.8, 4) is 11.8 Å². The molecule has 1 atom stereocenters. The number of ether oxygens (including phenoxy) is 3. The number of benzene rings is 2. The lowest BCUT2D eigenvalue weighted by atomic mass is 9.81. The summed E-state index contributed by atoms with van der Waals surface area (Å²) >= 11 is 3.37. The van der Waals surface area contributed by atoms with Crippen LogP contribution in [-0.2, 0) is 19.1 Å². The molecule has 2 aromatic carbocycles. The molecule has 2 N–H and O–H groups in total. The van der Waals surface area contributed by atoms with Crippen LogP contribution in [0.25, 0.3) is 0 Å². The Bertz CT molecular complexity index is 1150. The Labute approximate surface area is 193 Å². The molecule has 1 heterocycles. The standard InChI is InChI=1S/C23H20BrN3O5/c1-30-16-10-8-15(9-11-16)27-20(23(29)32-3)19(22(28)31-2)18(17(12-25)21(27)26)13-4-6-14(24)7-5-13/h4-11,18H,26H2,1-3H3. The van der Waals surface area contributed by atoms with Crippen LogP contribution < -0.4 is 15.4 Å². The fourth-order valence-corrected chi connectivity index (χ4v) is 3.79. The number of carbonyl (C=O) groups excluding carboxylic acids is 2. The van der Waals surface area contributed by atoms with E-state index in [1.807, 2.05) is 0 Å². The van der Waals surface area contributed by atoms with Crippen molar-refractivity contribution in [1.29, 1.82) is 5.26 Å². The van der Waals surface area contributed by atoms with Crippen LogP contribution in [0.4, 0.5) is 5.69 Å². The van der Waals surface area contributed by atoms with Crippen molar-refractivity contribution in [3.05, 3.63) is 81.2 Å². The third-order valence-corrected chi connectivity index (χ3v) is 5.54. The lowest BCUT2D eigenvalue weighted by Gasteiger charge is -2.35. The minimum absolute atomic E-state index is 0.00126. The van der Waals surface area contributed by atoms with E-state index >= 15 is 0 Å². The summed E-state index contributed by atoms with van der Waals surface area (Å²) in [6, 6.07) is 15.8. The Morgan fingerprint density at radius 3 is 2.09 bits per heavy atom. The van der Waals surface area contributed by atoms with Crippen LogP contribution >= 0.6 is 15.9 Å². The van der Waals surface area contributed by atoms with Gasteiger partial charge in [-0.1, -0.05) is 28.1 Å². The number of nitrogens with zero attached hydrogens (tertiary/aromatic N) is 2. The zero-order chi connectivity index (χ0) is 23.4. The summed E-state index contributed by atoms with van der Waals surface area (Å²) in [4.78, 5) is 27.3. The fourth-order valence-electron chi connectivity index (χ4n) is 3.52. The quantitative estimate of drug-likeness (QED) is 0.625. The van der Waals surface area contributed by atoms with E-state index in [2.05, 4.69) is 22.0 Å². The largest absolute Gasteiger partial charge is 0.497 e. The molecule has 0 aliphatic carbocycles. The first kappa shape index (κ1) is 22.9. The van der Waals surface area contributed by atoms with Crippen LogP contribution in [0.2, 0.25) is 0 Å². The van der Waals surface area contributed by atoms with Gasteiger partial charge in [0, 0.05) is 10.2 Å². The van der Waals surface area contributed by atoms with E-state index in [4.69, 9.17) is 19.9 Å². The SMILES string of the molecule is COC(=O)C1=C(C(=O)OC)N(c2ccc(OC)cc2)C(N)=C(C#N)C1c1ccc(Br)cc1. The molecular formula is C23H20BrN3O5. The van der Waals surface area contributed by atoms with Crippen LogP contribution in [0.3, 0.4) is 0 Å². The molecule has 0 aromatic heterocycles. The monoisotopic (exact) mass is 497 g/mol. The highest BCUT2D eigenvalue weighted by Crippen LogP contribution is 2.43. The summed E-state index contributed by atoms with van der Waals surface area (Å²) in [5, 5.41) is 10.0. The normalized spacial score (nSPS) is 15.8. The lowest BCUT2D eigenvalue weighted by Crippen LogP contribution is -2.40. The highest BCUT2D eigenvalue weighted by Gasteiger charge is 2.42. The summed E-state index contributed by atoms with van der Waals surface area (Å²) in [6.07, 6.45) is 0. The Morgan fingerprint density at radius 2 is 1.59 bits per heavy atom. The van der Waals surface area contributed by atoms with Gasteiger partial charge in [-0.25, -0.2) is 9.59 Å². The molecule has 32 heavy (non-hydrogen) atoms. The summed E-state index contributed by atoms with van der Waals surface area (Å²) in [5.74, 6) is -1.93. The van der Waals surface area contributed by atoms with Gasteiger partial charge in [-0.2, -0.15) is 5.26 Å². The molecule has 1 aliphatic rings. The molecule has 1 unspecified atom stereocenters. The topological polar surface area (TPSA) is 115 Å².